The molecule has 4 nitrogen and oxygen atoms in total. The molecule has 4 rings (SSSR count). The van der Waals surface area contributed by atoms with Crippen LogP contribution in [-0.4, -0.2) is 18.4 Å². The average Bonchev–Trinajstić information content (AvgIpc) is 2.79. The van der Waals surface area contributed by atoms with E-state index in [2.05, 4.69) is 11.4 Å². The maximum Gasteiger partial charge on any atom is 0.238 e. The van der Waals surface area contributed by atoms with E-state index in [1.807, 2.05) is 24.3 Å². The molecule has 2 atom stereocenters. The highest BCUT2D eigenvalue weighted by atomic mass is 16.2. The summed E-state index contributed by atoms with van der Waals surface area (Å²) in [6.45, 7) is 1.68. The molecule has 0 bridgehead atoms. The Morgan fingerprint density at radius 3 is 2.48 bits per heavy atom. The van der Waals surface area contributed by atoms with E-state index >= 15 is 0 Å². The summed E-state index contributed by atoms with van der Waals surface area (Å²) in [6.07, 6.45) is 6.39. The van der Waals surface area contributed by atoms with Crippen molar-refractivity contribution in [3.63, 3.8) is 0 Å². The first-order valence-electron chi connectivity index (χ1n) is 7.61. The number of imide groups is 1. The number of benzene rings is 1. The number of carbonyl (C=O) groups excluding carboxylic acids is 2. The van der Waals surface area contributed by atoms with Crippen LogP contribution in [0.2, 0.25) is 0 Å². The van der Waals surface area contributed by atoms with Crippen molar-refractivity contribution in [2.24, 2.45) is 11.8 Å². The van der Waals surface area contributed by atoms with E-state index in [1.54, 1.807) is 0 Å². The molecule has 0 spiro atoms. The first-order valence-corrected chi connectivity index (χ1v) is 7.61. The van der Waals surface area contributed by atoms with Crippen LogP contribution in [0, 0.1) is 11.8 Å². The van der Waals surface area contributed by atoms with Gasteiger partial charge in [0.05, 0.1) is 17.5 Å². The Kier molecular flexibility index (Phi) is 2.93. The maximum atomic E-state index is 12.7. The molecule has 2 amide bonds. The fourth-order valence-corrected chi connectivity index (χ4v) is 3.74. The van der Waals surface area contributed by atoms with E-state index in [0.29, 0.717) is 12.8 Å². The lowest BCUT2D eigenvalue weighted by Crippen LogP contribution is -2.34. The Morgan fingerprint density at radius 2 is 1.76 bits per heavy atom. The molecule has 1 fully saturated rings. The topological polar surface area (TPSA) is 49.4 Å². The van der Waals surface area contributed by atoms with Gasteiger partial charge in [0.15, 0.2) is 0 Å². The van der Waals surface area contributed by atoms with E-state index in [9.17, 15) is 9.59 Å². The summed E-state index contributed by atoms with van der Waals surface area (Å²) in [5, 5.41) is 3.34. The van der Waals surface area contributed by atoms with Gasteiger partial charge in [-0.15, -0.1) is 0 Å². The molecule has 108 valence electrons. The van der Waals surface area contributed by atoms with Crippen LogP contribution >= 0.6 is 0 Å². The Hall–Kier alpha value is -1.94. The highest BCUT2D eigenvalue weighted by molar-refractivity contribution is 6.22. The van der Waals surface area contributed by atoms with Crippen LogP contribution in [0.4, 0.5) is 5.69 Å². The Labute approximate surface area is 123 Å². The van der Waals surface area contributed by atoms with Gasteiger partial charge >= 0.3 is 0 Å². The highest BCUT2D eigenvalue weighted by Crippen LogP contribution is 2.39. The Bertz CT molecular complexity index is 624. The number of rotatable bonds is 1. The summed E-state index contributed by atoms with van der Waals surface area (Å²) < 4.78 is 0. The molecule has 0 unspecified atom stereocenters. The quantitative estimate of drug-likeness (QED) is 0.631. The van der Waals surface area contributed by atoms with Crippen LogP contribution in [0.25, 0.3) is 0 Å². The van der Waals surface area contributed by atoms with E-state index in [-0.39, 0.29) is 23.7 Å². The molecule has 21 heavy (non-hydrogen) atoms. The zero-order valence-corrected chi connectivity index (χ0v) is 11.8. The lowest BCUT2D eigenvalue weighted by Gasteiger charge is -2.24. The van der Waals surface area contributed by atoms with Gasteiger partial charge in [0, 0.05) is 6.54 Å². The van der Waals surface area contributed by atoms with E-state index in [0.717, 1.165) is 30.8 Å². The minimum absolute atomic E-state index is 0.0201. The predicted octanol–water partition coefficient (Wildman–Crippen LogP) is 1.79. The van der Waals surface area contributed by atoms with Crippen LogP contribution < -0.4 is 10.2 Å². The molecule has 4 heteroatoms. The summed E-state index contributed by atoms with van der Waals surface area (Å²) in [6, 6.07) is 5.96. The molecule has 1 aromatic carbocycles. The molecular formula is C17H18N2O2. The molecule has 0 aromatic heterocycles. The molecule has 3 aliphatic rings. The van der Waals surface area contributed by atoms with Gasteiger partial charge in [0.1, 0.15) is 0 Å². The van der Waals surface area contributed by atoms with Gasteiger partial charge in [0.25, 0.3) is 0 Å². The van der Waals surface area contributed by atoms with Crippen molar-refractivity contribution in [2.45, 2.75) is 25.8 Å². The lowest BCUT2D eigenvalue weighted by atomic mass is 9.85. The van der Waals surface area contributed by atoms with Crippen molar-refractivity contribution < 1.29 is 9.59 Å². The second-order valence-electron chi connectivity index (χ2n) is 6.01. The first kappa shape index (κ1) is 12.8. The van der Waals surface area contributed by atoms with Crippen molar-refractivity contribution in [1.29, 1.82) is 0 Å². The summed E-state index contributed by atoms with van der Waals surface area (Å²) >= 11 is 0. The van der Waals surface area contributed by atoms with Crippen LogP contribution in [-0.2, 0) is 22.6 Å². The van der Waals surface area contributed by atoms with Crippen LogP contribution in [0.5, 0.6) is 0 Å². The fraction of sp³-hybridized carbons (Fsp3) is 0.412. The minimum Gasteiger partial charge on any atom is -0.312 e. The Balaban J connectivity index is 1.77. The lowest BCUT2D eigenvalue weighted by molar-refractivity contribution is -0.122. The number of hydrogen-bond donors (Lipinski definition) is 1. The predicted molar refractivity (Wildman–Crippen MR) is 79.7 cm³/mol. The van der Waals surface area contributed by atoms with Gasteiger partial charge in [-0.1, -0.05) is 24.3 Å². The summed E-state index contributed by atoms with van der Waals surface area (Å²) in [4.78, 5) is 26.8. The standard InChI is InChI=1S/C17H18N2O2/c20-16-12-5-1-2-6-13(12)17(21)19(16)15-7-3-4-11-8-9-18-10-14(11)15/h1-4,7,12-13,18H,5-6,8-10H2/t12-,13+. The number of carbonyl (C=O) groups is 2. The number of nitrogens with zero attached hydrogens (tertiary/aromatic N) is 1. The second kappa shape index (κ2) is 4.81. The summed E-state index contributed by atoms with van der Waals surface area (Å²) in [5.41, 5.74) is 3.15. The van der Waals surface area contributed by atoms with Gasteiger partial charge in [0.2, 0.25) is 11.8 Å². The fourth-order valence-electron chi connectivity index (χ4n) is 3.74. The largest absolute Gasteiger partial charge is 0.312 e. The zero-order chi connectivity index (χ0) is 14.4. The molecule has 0 saturated carbocycles. The molecule has 2 heterocycles. The molecule has 1 aliphatic carbocycles. The first-order chi connectivity index (χ1) is 10.3. The van der Waals surface area contributed by atoms with Crippen molar-refractivity contribution in [3.8, 4) is 0 Å². The van der Waals surface area contributed by atoms with E-state index in [1.165, 1.54) is 10.5 Å². The van der Waals surface area contributed by atoms with Gasteiger partial charge in [-0.25, -0.2) is 4.90 Å². The van der Waals surface area contributed by atoms with Crippen LogP contribution in [0.15, 0.2) is 30.4 Å². The Morgan fingerprint density at radius 1 is 1.05 bits per heavy atom. The van der Waals surface area contributed by atoms with Crippen LogP contribution in [0.3, 0.4) is 0 Å². The van der Waals surface area contributed by atoms with E-state index < -0.39 is 0 Å². The molecule has 0 radical (unpaired) electrons. The van der Waals surface area contributed by atoms with Crippen molar-refractivity contribution >= 4 is 17.5 Å². The molecular weight excluding hydrogens is 264 g/mol. The normalized spacial score (nSPS) is 27.7. The number of amides is 2. The number of allylic oxidation sites excluding steroid dienone is 2. The highest BCUT2D eigenvalue weighted by Gasteiger charge is 2.48. The summed E-state index contributed by atoms with van der Waals surface area (Å²) in [5.74, 6) is -0.355. The third kappa shape index (κ3) is 1.86. The number of nitrogens with one attached hydrogen (secondary N) is 1. The minimum atomic E-state index is -0.157. The zero-order valence-electron chi connectivity index (χ0n) is 11.8. The molecule has 2 aliphatic heterocycles. The van der Waals surface area contributed by atoms with Gasteiger partial charge < -0.3 is 5.32 Å². The van der Waals surface area contributed by atoms with Crippen molar-refractivity contribution in [3.05, 3.63) is 41.5 Å². The third-order valence-electron chi connectivity index (χ3n) is 4.87. The maximum absolute atomic E-state index is 12.7. The van der Waals surface area contributed by atoms with Gasteiger partial charge in [-0.05, 0) is 43.0 Å². The molecule has 1 N–H and O–H groups in total. The number of hydrogen-bond acceptors (Lipinski definition) is 3. The molecule has 1 aromatic rings. The number of fused-ring (bicyclic) bond motifs is 2. The average molecular weight is 282 g/mol. The SMILES string of the molecule is O=C1[C@H]2CC=CC[C@H]2C(=O)N1c1cccc2c1CNCC2. The monoisotopic (exact) mass is 282 g/mol. The van der Waals surface area contributed by atoms with Crippen molar-refractivity contribution in [1.82, 2.24) is 5.32 Å². The smallest absolute Gasteiger partial charge is 0.238 e. The third-order valence-corrected chi connectivity index (χ3v) is 4.87. The van der Waals surface area contributed by atoms with Crippen LogP contribution in [0.1, 0.15) is 24.0 Å². The van der Waals surface area contributed by atoms with Crippen molar-refractivity contribution in [2.75, 3.05) is 11.4 Å². The van der Waals surface area contributed by atoms with Gasteiger partial charge in [-0.3, -0.25) is 9.59 Å². The summed E-state index contributed by atoms with van der Waals surface area (Å²) in [7, 11) is 0. The molecule has 1 saturated heterocycles. The van der Waals surface area contributed by atoms with E-state index in [4.69, 9.17) is 0 Å². The number of anilines is 1. The van der Waals surface area contributed by atoms with Gasteiger partial charge in [-0.2, -0.15) is 0 Å². The second-order valence-corrected chi connectivity index (χ2v) is 6.01.